The number of carbonyl (C=O) groups is 1. The molecular formula is C17H19F3N6O2. The number of nitrogens with one attached hydrogen (secondary N) is 3. The Morgan fingerprint density at radius 1 is 1.32 bits per heavy atom. The Morgan fingerprint density at radius 2 is 2.11 bits per heavy atom. The standard InChI is InChI=1S/C17H19F3N6O2/c1-21-16(28)24-9-11-8-23-15-14(22-5-2-6-27)25-12-7-10(17(18,19)20)3-4-13(12)26(11)15/h3-4,7-8,27H,2,5-6,9H2,1H3,(H,22,25)(H2,21,24,28). The van der Waals surface area contributed by atoms with Gasteiger partial charge in [-0.1, -0.05) is 0 Å². The molecule has 2 heterocycles. The van der Waals surface area contributed by atoms with Crippen LogP contribution in [0.4, 0.5) is 23.8 Å². The topological polar surface area (TPSA) is 104 Å². The van der Waals surface area contributed by atoms with E-state index in [0.29, 0.717) is 35.6 Å². The number of benzene rings is 1. The number of hydrogen-bond acceptors (Lipinski definition) is 5. The fourth-order valence-electron chi connectivity index (χ4n) is 2.76. The number of hydrogen-bond donors (Lipinski definition) is 4. The van der Waals surface area contributed by atoms with E-state index in [2.05, 4.69) is 25.9 Å². The van der Waals surface area contributed by atoms with E-state index in [1.807, 2.05) is 0 Å². The molecule has 28 heavy (non-hydrogen) atoms. The van der Waals surface area contributed by atoms with Gasteiger partial charge in [0.05, 0.1) is 35.0 Å². The lowest BCUT2D eigenvalue weighted by Gasteiger charge is -2.13. The second-order valence-corrected chi connectivity index (χ2v) is 6.01. The van der Waals surface area contributed by atoms with Crippen molar-refractivity contribution in [1.29, 1.82) is 0 Å². The van der Waals surface area contributed by atoms with Gasteiger partial charge in [0.2, 0.25) is 0 Å². The number of alkyl halides is 3. The van der Waals surface area contributed by atoms with Crippen LogP contribution >= 0.6 is 0 Å². The van der Waals surface area contributed by atoms with Crippen LogP contribution in [0.25, 0.3) is 16.7 Å². The lowest BCUT2D eigenvalue weighted by atomic mass is 10.2. The highest BCUT2D eigenvalue weighted by Gasteiger charge is 2.31. The number of imidazole rings is 1. The van der Waals surface area contributed by atoms with Crippen LogP contribution in [-0.2, 0) is 12.7 Å². The molecule has 0 bridgehead atoms. The third kappa shape index (κ3) is 3.93. The molecule has 3 aromatic rings. The van der Waals surface area contributed by atoms with Gasteiger partial charge in [-0.15, -0.1) is 0 Å². The molecule has 11 heteroatoms. The predicted octanol–water partition coefficient (Wildman–Crippen LogP) is 2.12. The van der Waals surface area contributed by atoms with E-state index in [4.69, 9.17) is 5.11 Å². The lowest BCUT2D eigenvalue weighted by molar-refractivity contribution is -0.137. The molecule has 0 spiro atoms. The first-order chi connectivity index (χ1) is 13.3. The zero-order valence-electron chi connectivity index (χ0n) is 15.0. The molecule has 0 aliphatic rings. The molecule has 0 saturated heterocycles. The van der Waals surface area contributed by atoms with Crippen LogP contribution in [0.1, 0.15) is 17.7 Å². The minimum Gasteiger partial charge on any atom is -0.396 e. The average molecular weight is 396 g/mol. The highest BCUT2D eigenvalue weighted by molar-refractivity contribution is 5.84. The van der Waals surface area contributed by atoms with Gasteiger partial charge in [-0.05, 0) is 24.6 Å². The fraction of sp³-hybridized carbons (Fsp3) is 0.353. The molecule has 0 aliphatic heterocycles. The number of aliphatic hydroxyl groups is 1. The molecule has 0 saturated carbocycles. The van der Waals surface area contributed by atoms with Crippen molar-refractivity contribution in [3.05, 3.63) is 35.7 Å². The summed E-state index contributed by atoms with van der Waals surface area (Å²) >= 11 is 0. The number of nitrogens with zero attached hydrogens (tertiary/aromatic N) is 3. The summed E-state index contributed by atoms with van der Waals surface area (Å²) in [7, 11) is 1.48. The minimum absolute atomic E-state index is 0.0369. The number of halogens is 3. The first-order valence-electron chi connectivity index (χ1n) is 8.52. The monoisotopic (exact) mass is 396 g/mol. The highest BCUT2D eigenvalue weighted by atomic mass is 19.4. The normalized spacial score (nSPS) is 11.8. The Kier molecular flexibility index (Phi) is 5.54. The van der Waals surface area contributed by atoms with Crippen molar-refractivity contribution in [1.82, 2.24) is 25.0 Å². The summed E-state index contributed by atoms with van der Waals surface area (Å²) in [5, 5.41) is 17.0. The number of anilines is 1. The van der Waals surface area contributed by atoms with Crippen molar-refractivity contribution >= 4 is 28.5 Å². The first kappa shape index (κ1) is 19.7. The summed E-state index contributed by atoms with van der Waals surface area (Å²) in [6.07, 6.45) is -2.52. The second kappa shape index (κ2) is 7.89. The number of urea groups is 1. The SMILES string of the molecule is CNC(=O)NCc1cnc2c(NCCCO)nc3cc(C(F)(F)F)ccc3n12. The summed E-state index contributed by atoms with van der Waals surface area (Å²) in [6.45, 7) is 0.462. The molecule has 1 aromatic carbocycles. The third-order valence-electron chi connectivity index (χ3n) is 4.11. The van der Waals surface area contributed by atoms with E-state index >= 15 is 0 Å². The number of aliphatic hydroxyl groups excluding tert-OH is 1. The maximum Gasteiger partial charge on any atom is 0.416 e. The Labute approximate surface area is 157 Å². The zero-order valence-corrected chi connectivity index (χ0v) is 15.0. The summed E-state index contributed by atoms with van der Waals surface area (Å²) in [6, 6.07) is 2.90. The Morgan fingerprint density at radius 3 is 2.79 bits per heavy atom. The van der Waals surface area contributed by atoms with Gasteiger partial charge in [-0.2, -0.15) is 13.2 Å². The molecule has 2 amide bonds. The van der Waals surface area contributed by atoms with Crippen molar-refractivity contribution < 1.29 is 23.1 Å². The van der Waals surface area contributed by atoms with Crippen LogP contribution in [0.5, 0.6) is 0 Å². The van der Waals surface area contributed by atoms with Gasteiger partial charge >= 0.3 is 12.2 Å². The van der Waals surface area contributed by atoms with Crippen molar-refractivity contribution in [3.8, 4) is 0 Å². The number of aromatic nitrogens is 3. The smallest absolute Gasteiger partial charge is 0.396 e. The number of amides is 2. The second-order valence-electron chi connectivity index (χ2n) is 6.01. The molecule has 0 unspecified atom stereocenters. The molecule has 0 atom stereocenters. The first-order valence-corrected chi connectivity index (χ1v) is 8.52. The molecule has 0 radical (unpaired) electrons. The van der Waals surface area contributed by atoms with Crippen LogP contribution in [0, 0.1) is 0 Å². The van der Waals surface area contributed by atoms with Gasteiger partial charge in [-0.3, -0.25) is 4.40 Å². The van der Waals surface area contributed by atoms with Crippen LogP contribution in [-0.4, -0.2) is 45.7 Å². The molecule has 150 valence electrons. The Bertz CT molecular complexity index is 1000. The Balaban J connectivity index is 2.14. The number of carbonyl (C=O) groups excluding carboxylic acids is 1. The van der Waals surface area contributed by atoms with Crippen molar-refractivity contribution in [2.75, 3.05) is 25.5 Å². The molecule has 2 aromatic heterocycles. The zero-order chi connectivity index (χ0) is 20.3. The summed E-state index contributed by atoms with van der Waals surface area (Å²) in [5.41, 5.74) is 0.753. The molecule has 4 N–H and O–H groups in total. The van der Waals surface area contributed by atoms with Crippen molar-refractivity contribution in [2.45, 2.75) is 19.1 Å². The van der Waals surface area contributed by atoms with E-state index in [-0.39, 0.29) is 18.7 Å². The van der Waals surface area contributed by atoms with Gasteiger partial charge in [0.15, 0.2) is 11.5 Å². The predicted molar refractivity (Wildman–Crippen MR) is 97.0 cm³/mol. The van der Waals surface area contributed by atoms with E-state index in [9.17, 15) is 18.0 Å². The molecule has 0 fully saturated rings. The number of fused-ring (bicyclic) bond motifs is 3. The van der Waals surface area contributed by atoms with Crippen LogP contribution < -0.4 is 16.0 Å². The lowest BCUT2D eigenvalue weighted by Crippen LogP contribution is -2.32. The summed E-state index contributed by atoms with van der Waals surface area (Å²) in [4.78, 5) is 20.1. The van der Waals surface area contributed by atoms with Gasteiger partial charge in [-0.25, -0.2) is 14.8 Å². The average Bonchev–Trinajstić information content (AvgIpc) is 3.09. The third-order valence-corrected chi connectivity index (χ3v) is 4.11. The number of rotatable bonds is 6. The van der Waals surface area contributed by atoms with Gasteiger partial charge in [0, 0.05) is 20.2 Å². The van der Waals surface area contributed by atoms with Crippen molar-refractivity contribution in [2.24, 2.45) is 0 Å². The Hall–Kier alpha value is -3.08. The summed E-state index contributed by atoms with van der Waals surface area (Å²) in [5.74, 6) is 0.298. The van der Waals surface area contributed by atoms with Crippen LogP contribution in [0.3, 0.4) is 0 Å². The largest absolute Gasteiger partial charge is 0.416 e. The van der Waals surface area contributed by atoms with E-state index in [0.717, 1.165) is 12.1 Å². The molecular weight excluding hydrogens is 377 g/mol. The molecule has 8 nitrogen and oxygen atoms in total. The highest BCUT2D eigenvalue weighted by Crippen LogP contribution is 2.32. The fourth-order valence-corrected chi connectivity index (χ4v) is 2.76. The van der Waals surface area contributed by atoms with Crippen LogP contribution in [0.2, 0.25) is 0 Å². The molecule has 3 rings (SSSR count). The van der Waals surface area contributed by atoms with E-state index in [1.54, 1.807) is 4.40 Å². The minimum atomic E-state index is -4.49. The van der Waals surface area contributed by atoms with Gasteiger partial charge in [0.25, 0.3) is 0 Å². The van der Waals surface area contributed by atoms with Gasteiger partial charge < -0.3 is 21.1 Å². The summed E-state index contributed by atoms with van der Waals surface area (Å²) < 4.78 is 41.0. The van der Waals surface area contributed by atoms with Gasteiger partial charge in [0.1, 0.15) is 0 Å². The molecule has 0 aliphatic carbocycles. The van der Waals surface area contributed by atoms with E-state index in [1.165, 1.54) is 19.3 Å². The quantitative estimate of drug-likeness (QED) is 0.478. The van der Waals surface area contributed by atoms with E-state index < -0.39 is 17.8 Å². The van der Waals surface area contributed by atoms with Crippen molar-refractivity contribution in [3.63, 3.8) is 0 Å². The maximum atomic E-state index is 13.1. The van der Waals surface area contributed by atoms with Crippen LogP contribution in [0.15, 0.2) is 24.4 Å². The maximum absolute atomic E-state index is 13.1.